The number of hydrogen-bond donors (Lipinski definition) is 0. The summed E-state index contributed by atoms with van der Waals surface area (Å²) in [5.74, 6) is 0. The summed E-state index contributed by atoms with van der Waals surface area (Å²) in [6.07, 6.45) is 0. The molecule has 0 aliphatic heterocycles. The monoisotopic (exact) mass is 1140 g/mol. The van der Waals surface area contributed by atoms with Gasteiger partial charge in [0.2, 0.25) is 0 Å². The summed E-state index contributed by atoms with van der Waals surface area (Å²) in [4.78, 5) is 0. The van der Waals surface area contributed by atoms with Crippen LogP contribution in [0.15, 0.2) is 121 Å². The molecule has 0 nitrogen and oxygen atoms in total. The van der Waals surface area contributed by atoms with E-state index in [1.807, 2.05) is 72.8 Å². The van der Waals surface area contributed by atoms with Crippen molar-refractivity contribution in [2.45, 2.75) is 0 Å². The fourth-order valence-electron chi connectivity index (χ4n) is 3.15. The van der Waals surface area contributed by atoms with E-state index in [4.69, 9.17) is 0 Å². The maximum atomic E-state index is 4.31. The topological polar surface area (TPSA) is 0 Å². The van der Waals surface area contributed by atoms with Crippen LogP contribution in [0, 0.1) is 26.7 Å². The summed E-state index contributed by atoms with van der Waals surface area (Å²) in [5, 5.41) is 4.99. The molecule has 0 saturated carbocycles. The summed E-state index contributed by atoms with van der Waals surface area (Å²) in [6.45, 7) is 17.2. The van der Waals surface area contributed by atoms with Crippen molar-refractivity contribution in [3.05, 3.63) is 148 Å². The first-order valence-corrected chi connectivity index (χ1v) is 33.5. The molecule has 0 unspecified atom stereocenters. The van der Waals surface area contributed by atoms with E-state index in [0.29, 0.717) is 31.0 Å². The molecule has 0 aliphatic carbocycles. The predicted molar refractivity (Wildman–Crippen MR) is 175 cm³/mol. The summed E-state index contributed by atoms with van der Waals surface area (Å²) in [6, 6.07) is 41.3. The number of rotatable bonds is 4. The van der Waals surface area contributed by atoms with Gasteiger partial charge in [0, 0.05) is 21.2 Å². The van der Waals surface area contributed by atoms with Crippen molar-refractivity contribution in [1.29, 1.82) is 0 Å². The van der Waals surface area contributed by atoms with Gasteiger partial charge in [-0.1, -0.05) is 72.8 Å². The molecule has 0 bridgehead atoms. The Labute approximate surface area is 263 Å². The van der Waals surface area contributed by atoms with Crippen LogP contribution < -0.4 is 21.2 Å². The quantitative estimate of drug-likeness (QED) is 0.109. The van der Waals surface area contributed by atoms with Crippen LogP contribution in [0.2, 0.25) is 0 Å². The van der Waals surface area contributed by atoms with Gasteiger partial charge in [0.05, 0.1) is 0 Å². The third kappa shape index (κ3) is 12.5. The van der Waals surface area contributed by atoms with Crippen LogP contribution in [-0.4, -0.2) is 0 Å². The molecule has 0 fully saturated rings. The minimum absolute atomic E-state index is 0.292. The van der Waals surface area contributed by atoms with Gasteiger partial charge in [-0.05, 0) is 48.5 Å². The van der Waals surface area contributed by atoms with Crippen molar-refractivity contribution in [1.82, 2.24) is 0 Å². The Morgan fingerprint density at radius 3 is 0.639 bits per heavy atom. The Balaban J connectivity index is 0.000000296. The van der Waals surface area contributed by atoms with E-state index < -0.39 is 14.5 Å². The second-order valence-electron chi connectivity index (χ2n) is 7.36. The van der Waals surface area contributed by atoms with E-state index in [0.717, 1.165) is 0 Å². The van der Waals surface area contributed by atoms with Crippen molar-refractivity contribution >= 4 is 87.8 Å². The van der Waals surface area contributed by atoms with Gasteiger partial charge in [0.25, 0.3) is 0 Å². The molecule has 0 atom stereocenters. The fraction of sp³-hybridized carbons (Fsp3) is 0. The summed E-state index contributed by atoms with van der Waals surface area (Å²) in [5.41, 5.74) is 0. The van der Waals surface area contributed by atoms with Crippen LogP contribution in [0.5, 0.6) is 0 Å². The molecule has 0 aromatic heterocycles. The van der Waals surface area contributed by atoms with E-state index in [-0.39, 0.29) is 0 Å². The standard InChI is InChI=1S/2C14H14P.2Au.4BrH/c2*1-15(2,13-9-5-3-6-10-13)14-11-7-4-8-12-14;;;;;;/h2*3-12H,1-2H2;;;4*1H/q2*-1;2*+1;;;;/p-4. The van der Waals surface area contributed by atoms with Gasteiger partial charge in [0.15, 0.2) is 0 Å². The van der Waals surface area contributed by atoms with Crippen LogP contribution in [0.1, 0.15) is 0 Å². The Kier molecular flexibility index (Phi) is 19.6. The Morgan fingerprint density at radius 2 is 0.500 bits per heavy atom. The molecule has 36 heavy (non-hydrogen) atoms. The predicted octanol–water partition coefficient (Wildman–Crippen LogP) is 9.85. The molecule has 4 rings (SSSR count). The largest absolute Gasteiger partial charge is 0.199 e. The smallest absolute Gasteiger partial charge is 0.0408 e. The Hall–Kier alpha value is 1.14. The first-order valence-electron chi connectivity index (χ1n) is 10.3. The Morgan fingerprint density at radius 1 is 0.361 bits per heavy atom. The van der Waals surface area contributed by atoms with Crippen molar-refractivity contribution in [2.24, 2.45) is 0 Å². The van der Waals surface area contributed by atoms with Crippen LogP contribution in [-0.2, 0) is 31.0 Å². The molecular weight excluding hydrogens is 1110 g/mol. The minimum Gasteiger partial charge on any atom is -0.199 e. The maximum absolute atomic E-state index is 4.31. The van der Waals surface area contributed by atoms with E-state index in [2.05, 4.69) is 127 Å². The number of benzene rings is 4. The minimum atomic E-state index is -1.65. The summed E-state index contributed by atoms with van der Waals surface area (Å²) in [7, 11) is -3.29. The van der Waals surface area contributed by atoms with E-state index in [1.54, 1.807) is 0 Å². The van der Waals surface area contributed by atoms with Gasteiger partial charge in [-0.15, -0.1) is 0 Å². The molecule has 0 saturated heterocycles. The van der Waals surface area contributed by atoms with Crippen molar-refractivity contribution in [2.75, 3.05) is 0 Å². The molecule has 4 aromatic carbocycles. The zero-order chi connectivity index (χ0) is 26.9. The SMILES string of the molecule is [Br][Au-][Br].[Br][Au-][Br].[CH2-][P+]([CH2-])(c1ccccc1)c1ccccc1.[CH2-][P+]([CH2-])(c1ccccc1)c1ccccc1. The number of hydrogen-bond acceptors (Lipinski definition) is 0. The van der Waals surface area contributed by atoms with Crippen LogP contribution >= 0.6 is 66.6 Å². The molecule has 0 aliphatic rings. The second kappa shape index (κ2) is 20.1. The first-order chi connectivity index (χ1) is 17.2. The van der Waals surface area contributed by atoms with Gasteiger partial charge in [-0.2, -0.15) is 41.2 Å². The molecule has 0 radical (unpaired) electrons. The molecule has 0 heterocycles. The zero-order valence-electron chi connectivity index (χ0n) is 19.4. The van der Waals surface area contributed by atoms with Gasteiger partial charge < -0.3 is 0 Å². The zero-order valence-corrected chi connectivity index (χ0v) is 31.9. The van der Waals surface area contributed by atoms with Crippen LogP contribution in [0.3, 0.4) is 0 Å². The summed E-state index contributed by atoms with van der Waals surface area (Å²) < 4.78 is 0. The third-order valence-corrected chi connectivity index (χ3v) is 10.1. The average Bonchev–Trinajstić information content (AvgIpc) is 2.92. The fourth-order valence-corrected chi connectivity index (χ4v) is 6.72. The van der Waals surface area contributed by atoms with Crippen LogP contribution in [0.25, 0.3) is 0 Å². The molecule has 4 aromatic rings. The van der Waals surface area contributed by atoms with Gasteiger partial charge >= 0.3 is 83.1 Å². The average molecular weight is 1140 g/mol. The molecule has 204 valence electrons. The molecule has 0 spiro atoms. The van der Waals surface area contributed by atoms with Gasteiger partial charge in [0.1, 0.15) is 0 Å². The van der Waals surface area contributed by atoms with E-state index >= 15 is 0 Å². The first kappa shape index (κ1) is 35.2. The van der Waals surface area contributed by atoms with Gasteiger partial charge in [-0.25, -0.2) is 0 Å². The third-order valence-electron chi connectivity index (χ3n) is 5.00. The molecular formula is C28H28Au2Br4P2-4. The maximum Gasteiger partial charge on any atom is 0.0408 e. The van der Waals surface area contributed by atoms with Crippen molar-refractivity contribution in [3.63, 3.8) is 0 Å². The molecule has 0 amide bonds. The van der Waals surface area contributed by atoms with E-state index in [1.165, 1.54) is 21.2 Å². The Bertz CT molecular complexity index is 898. The van der Waals surface area contributed by atoms with Crippen molar-refractivity contribution < 1.29 is 31.0 Å². The normalized spacial score (nSPS) is 10.7. The molecule has 8 heteroatoms. The molecule has 0 N–H and O–H groups in total. The van der Waals surface area contributed by atoms with Crippen LogP contribution in [0.4, 0.5) is 0 Å². The second-order valence-corrected chi connectivity index (χ2v) is 32.3. The van der Waals surface area contributed by atoms with Crippen molar-refractivity contribution in [3.8, 4) is 0 Å². The van der Waals surface area contributed by atoms with Gasteiger partial charge in [-0.3, -0.25) is 0 Å². The van der Waals surface area contributed by atoms with E-state index in [9.17, 15) is 0 Å². The number of halogens is 4. The summed E-state index contributed by atoms with van der Waals surface area (Å²) >= 11 is 13.2.